The summed E-state index contributed by atoms with van der Waals surface area (Å²) in [7, 11) is -3.62. The van der Waals surface area contributed by atoms with E-state index in [9.17, 15) is 31.2 Å². The lowest BCUT2D eigenvalue weighted by Gasteiger charge is -2.33. The highest BCUT2D eigenvalue weighted by molar-refractivity contribution is 7.91. The van der Waals surface area contributed by atoms with E-state index in [2.05, 4.69) is 5.32 Å². The van der Waals surface area contributed by atoms with Crippen molar-refractivity contribution < 1.29 is 40.7 Å². The number of hydrogen-bond donors (Lipinski definition) is 1. The molecule has 8 nitrogen and oxygen atoms in total. The van der Waals surface area contributed by atoms with Gasteiger partial charge in [0.2, 0.25) is 0 Å². The summed E-state index contributed by atoms with van der Waals surface area (Å²) in [5.41, 5.74) is -1.84. The summed E-state index contributed by atoms with van der Waals surface area (Å²) in [5.74, 6) is -1.43. The van der Waals surface area contributed by atoms with Crippen molar-refractivity contribution in [3.63, 3.8) is 0 Å². The van der Waals surface area contributed by atoms with Crippen molar-refractivity contribution in [3.8, 4) is 5.75 Å². The van der Waals surface area contributed by atoms with Crippen molar-refractivity contribution in [2.24, 2.45) is 0 Å². The predicted octanol–water partition coefficient (Wildman–Crippen LogP) is 5.86. The van der Waals surface area contributed by atoms with Crippen molar-refractivity contribution in [1.29, 1.82) is 0 Å². The number of carbonyl (C=O) groups is 2. The zero-order valence-corrected chi connectivity index (χ0v) is 24.2. The van der Waals surface area contributed by atoms with Gasteiger partial charge in [-0.1, -0.05) is 18.5 Å². The van der Waals surface area contributed by atoms with Gasteiger partial charge in [0.05, 0.1) is 16.2 Å². The number of alkyl halides is 3. The number of nitrogens with zero attached hydrogens (tertiary/aromatic N) is 1. The number of piperidine rings is 1. The maximum absolute atomic E-state index is 13.9. The number of likely N-dealkylation sites (tertiary alicyclic amines) is 1. The molecule has 2 amide bonds. The van der Waals surface area contributed by atoms with Gasteiger partial charge in [0.15, 0.2) is 9.84 Å². The Morgan fingerprint density at radius 3 is 2.30 bits per heavy atom. The summed E-state index contributed by atoms with van der Waals surface area (Å²) in [5, 5.41) is 2.72. The van der Waals surface area contributed by atoms with E-state index in [1.165, 1.54) is 36.1 Å². The van der Waals surface area contributed by atoms with E-state index in [0.717, 1.165) is 6.07 Å². The van der Waals surface area contributed by atoms with Crippen molar-refractivity contribution in [1.82, 2.24) is 10.2 Å². The molecule has 0 bridgehead atoms. The third kappa shape index (κ3) is 8.26. The van der Waals surface area contributed by atoms with Crippen molar-refractivity contribution in [2.75, 3.05) is 18.8 Å². The second-order valence-corrected chi connectivity index (χ2v) is 13.0. The zero-order chi connectivity index (χ0) is 29.9. The molecule has 1 saturated heterocycles. The maximum atomic E-state index is 13.9. The smallest absolute Gasteiger partial charge is 0.419 e. The Morgan fingerprint density at radius 2 is 1.73 bits per heavy atom. The Balaban J connectivity index is 1.72. The van der Waals surface area contributed by atoms with Crippen LogP contribution in [0.15, 0.2) is 41.3 Å². The lowest BCUT2D eigenvalue weighted by molar-refractivity contribution is -0.139. The van der Waals surface area contributed by atoms with E-state index in [0.29, 0.717) is 18.9 Å². The molecular formula is C27H32ClF3N2O6S. The third-order valence-electron chi connectivity index (χ3n) is 6.11. The van der Waals surface area contributed by atoms with Gasteiger partial charge < -0.3 is 19.7 Å². The van der Waals surface area contributed by atoms with Crippen molar-refractivity contribution in [2.45, 2.75) is 69.9 Å². The maximum Gasteiger partial charge on any atom is 0.419 e. The average Bonchev–Trinajstić information content (AvgIpc) is 2.86. The van der Waals surface area contributed by atoms with Crippen LogP contribution in [0.2, 0.25) is 5.02 Å². The van der Waals surface area contributed by atoms with E-state index in [4.69, 9.17) is 21.1 Å². The molecule has 0 aromatic heterocycles. The van der Waals surface area contributed by atoms with Gasteiger partial charge in [0.25, 0.3) is 5.91 Å². The first-order valence-electron chi connectivity index (χ1n) is 12.7. The standard InChI is InChI=1S/C27H32ClF3N2O6S/c1-5-40(36,37)23-9-7-19(28)14-18(23)16-32-24(34)17-6-8-22(21(15-17)27(29,30)31)38-20-10-12-33(13-11-20)25(35)39-26(2,3)4/h6-9,14-15,20H,5,10-13,16H2,1-4H3,(H,32,34). The van der Waals surface area contributed by atoms with Gasteiger partial charge in [-0.25, -0.2) is 13.2 Å². The number of carbonyl (C=O) groups excluding carboxylic acids is 2. The summed E-state index contributed by atoms with van der Waals surface area (Å²) >= 11 is 5.99. The Morgan fingerprint density at radius 1 is 1.07 bits per heavy atom. The molecule has 0 spiro atoms. The molecule has 2 aromatic carbocycles. The molecule has 2 aromatic rings. The number of sulfone groups is 1. The molecule has 40 heavy (non-hydrogen) atoms. The Labute approximate surface area is 236 Å². The molecule has 0 atom stereocenters. The monoisotopic (exact) mass is 604 g/mol. The number of nitrogens with one attached hydrogen (secondary N) is 1. The minimum absolute atomic E-state index is 0.0165. The molecule has 0 aliphatic carbocycles. The predicted molar refractivity (Wildman–Crippen MR) is 143 cm³/mol. The summed E-state index contributed by atoms with van der Waals surface area (Å²) in [6, 6.07) is 7.11. The van der Waals surface area contributed by atoms with Crippen LogP contribution >= 0.6 is 11.6 Å². The first-order valence-corrected chi connectivity index (χ1v) is 14.7. The highest BCUT2D eigenvalue weighted by Crippen LogP contribution is 2.38. The first kappa shape index (κ1) is 31.5. The molecular weight excluding hydrogens is 573 g/mol. The van der Waals surface area contributed by atoms with Crippen LogP contribution in [-0.2, 0) is 27.3 Å². The van der Waals surface area contributed by atoms with E-state index in [1.807, 2.05) is 0 Å². The molecule has 13 heteroatoms. The fourth-order valence-corrected chi connectivity index (χ4v) is 5.39. The third-order valence-corrected chi connectivity index (χ3v) is 8.18. The molecule has 1 aliphatic rings. The number of benzene rings is 2. The molecule has 0 radical (unpaired) electrons. The van der Waals surface area contributed by atoms with Gasteiger partial charge >= 0.3 is 12.3 Å². The molecule has 0 saturated carbocycles. The number of halogens is 4. The fraction of sp³-hybridized carbons (Fsp3) is 0.481. The van der Waals surface area contributed by atoms with Crippen LogP contribution in [0.1, 0.15) is 62.0 Å². The number of amides is 2. The van der Waals surface area contributed by atoms with Gasteiger partial charge in [-0.05, 0) is 62.7 Å². The van der Waals surface area contributed by atoms with Gasteiger partial charge in [0.1, 0.15) is 17.5 Å². The van der Waals surface area contributed by atoms with Gasteiger partial charge in [-0.3, -0.25) is 4.79 Å². The van der Waals surface area contributed by atoms with Crippen LogP contribution < -0.4 is 10.1 Å². The van der Waals surface area contributed by atoms with E-state index in [-0.39, 0.29) is 46.4 Å². The molecule has 1 aliphatic heterocycles. The molecule has 1 fully saturated rings. The summed E-state index contributed by atoms with van der Waals surface area (Å²) in [6.07, 6.45) is -5.25. The highest BCUT2D eigenvalue weighted by atomic mass is 35.5. The Kier molecular flexibility index (Phi) is 9.66. The van der Waals surface area contributed by atoms with E-state index in [1.54, 1.807) is 20.8 Å². The van der Waals surface area contributed by atoms with Crippen molar-refractivity contribution >= 4 is 33.4 Å². The van der Waals surface area contributed by atoms with Gasteiger partial charge in [-0.15, -0.1) is 0 Å². The molecule has 220 valence electrons. The average molecular weight is 605 g/mol. The van der Waals surface area contributed by atoms with Crippen LogP contribution in [0.4, 0.5) is 18.0 Å². The van der Waals surface area contributed by atoms with Gasteiger partial charge in [-0.2, -0.15) is 13.2 Å². The fourth-order valence-electron chi connectivity index (χ4n) is 4.08. The van der Waals surface area contributed by atoms with E-state index >= 15 is 0 Å². The normalized spacial score (nSPS) is 15.1. The van der Waals surface area contributed by atoms with Crippen LogP contribution in [0.25, 0.3) is 0 Å². The first-order chi connectivity index (χ1) is 18.5. The minimum Gasteiger partial charge on any atom is -0.490 e. The molecule has 1 N–H and O–H groups in total. The van der Waals surface area contributed by atoms with Crippen LogP contribution in [-0.4, -0.2) is 55.9 Å². The molecule has 1 heterocycles. The number of rotatable bonds is 7. The second kappa shape index (κ2) is 12.3. The Bertz CT molecular complexity index is 1350. The lowest BCUT2D eigenvalue weighted by atomic mass is 10.1. The molecule has 0 unspecified atom stereocenters. The zero-order valence-electron chi connectivity index (χ0n) is 22.6. The van der Waals surface area contributed by atoms with Gasteiger partial charge in [0, 0.05) is 43.1 Å². The summed E-state index contributed by atoms with van der Waals surface area (Å²) in [6.45, 7) is 6.97. The molecule has 3 rings (SSSR count). The number of hydrogen-bond acceptors (Lipinski definition) is 6. The highest BCUT2D eigenvalue weighted by Gasteiger charge is 2.36. The van der Waals surface area contributed by atoms with Crippen LogP contribution in [0.5, 0.6) is 5.75 Å². The van der Waals surface area contributed by atoms with Crippen molar-refractivity contribution in [3.05, 3.63) is 58.1 Å². The second-order valence-electron chi connectivity index (χ2n) is 10.3. The van der Waals surface area contributed by atoms with Crippen LogP contribution in [0, 0.1) is 0 Å². The summed E-state index contributed by atoms with van der Waals surface area (Å²) in [4.78, 5) is 26.5. The lowest BCUT2D eigenvalue weighted by Crippen LogP contribution is -2.44. The van der Waals surface area contributed by atoms with E-state index < -0.39 is 51.0 Å². The summed E-state index contributed by atoms with van der Waals surface area (Å²) < 4.78 is 77.6. The minimum atomic E-state index is -4.81. The number of ether oxygens (including phenoxy) is 2. The topological polar surface area (TPSA) is 102 Å². The quantitative estimate of drug-likeness (QED) is 0.425. The Hall–Kier alpha value is -2.99. The SMILES string of the molecule is CCS(=O)(=O)c1ccc(Cl)cc1CNC(=O)c1ccc(OC2CCN(C(=O)OC(C)(C)C)CC2)c(C(F)(F)F)c1. The van der Waals surface area contributed by atoms with Crippen LogP contribution in [0.3, 0.4) is 0 Å². The largest absolute Gasteiger partial charge is 0.490 e.